The van der Waals surface area contributed by atoms with Crippen molar-refractivity contribution in [2.45, 2.75) is 19.3 Å². The van der Waals surface area contributed by atoms with E-state index in [0.29, 0.717) is 12.0 Å². The summed E-state index contributed by atoms with van der Waals surface area (Å²) in [6, 6.07) is 2.02. The predicted molar refractivity (Wildman–Crippen MR) is 63.8 cm³/mol. The average Bonchev–Trinajstić information content (AvgIpc) is 2.97. The first-order valence-corrected chi connectivity index (χ1v) is 5.99. The first kappa shape index (κ1) is 10.9. The highest BCUT2D eigenvalue weighted by Gasteiger charge is 2.41. The Kier molecular flexibility index (Phi) is 3.26. The number of aromatic nitrogens is 1. The summed E-state index contributed by atoms with van der Waals surface area (Å²) in [5.74, 6) is 0. The quantitative estimate of drug-likeness (QED) is 0.864. The van der Waals surface area contributed by atoms with Crippen LogP contribution in [0.4, 0.5) is 5.69 Å². The fourth-order valence-corrected chi connectivity index (χ4v) is 2.09. The lowest BCUT2D eigenvalue weighted by molar-refractivity contribution is 0.253. The second-order valence-corrected chi connectivity index (χ2v) is 5.13. The molecule has 1 heterocycles. The second kappa shape index (κ2) is 4.49. The van der Waals surface area contributed by atoms with Crippen LogP contribution >= 0.6 is 15.9 Å². The predicted octanol–water partition coefficient (Wildman–Crippen LogP) is 2.42. The van der Waals surface area contributed by atoms with E-state index in [2.05, 4.69) is 26.2 Å². The smallest absolute Gasteiger partial charge is 0.0538 e. The van der Waals surface area contributed by atoms with Gasteiger partial charge in [0.05, 0.1) is 11.9 Å². The Morgan fingerprint density at radius 1 is 1.47 bits per heavy atom. The van der Waals surface area contributed by atoms with Crippen molar-refractivity contribution in [2.75, 3.05) is 18.5 Å². The van der Waals surface area contributed by atoms with Crippen molar-refractivity contribution in [3.8, 4) is 0 Å². The van der Waals surface area contributed by atoms with Crippen LogP contribution in [0.2, 0.25) is 0 Å². The van der Waals surface area contributed by atoms with Crippen LogP contribution in [0.3, 0.4) is 0 Å². The van der Waals surface area contributed by atoms with Gasteiger partial charge >= 0.3 is 0 Å². The maximum atomic E-state index is 8.94. The third-order valence-corrected chi connectivity index (χ3v) is 3.41. The molecule has 1 fully saturated rings. The fraction of sp³-hybridized carbons (Fsp3) is 0.545. The summed E-state index contributed by atoms with van der Waals surface area (Å²) >= 11 is 3.39. The molecule has 0 spiro atoms. The molecule has 0 bridgehead atoms. The number of hydrogen-bond donors (Lipinski definition) is 2. The minimum absolute atomic E-state index is 0.290. The average molecular weight is 271 g/mol. The van der Waals surface area contributed by atoms with Crippen LogP contribution in [0.1, 0.15) is 19.3 Å². The van der Waals surface area contributed by atoms with Crippen LogP contribution in [-0.2, 0) is 0 Å². The molecule has 0 atom stereocenters. The standard InChI is InChI=1S/C11H15BrN2O/c12-9-5-10(7-13-6-9)14-8-11(1-2-11)3-4-15/h5-7,14-15H,1-4,8H2. The molecule has 0 radical (unpaired) electrons. The van der Waals surface area contributed by atoms with Gasteiger partial charge in [0.15, 0.2) is 0 Å². The molecule has 4 heteroatoms. The normalized spacial score (nSPS) is 17.5. The van der Waals surface area contributed by atoms with Gasteiger partial charge in [-0.25, -0.2) is 0 Å². The highest BCUT2D eigenvalue weighted by molar-refractivity contribution is 9.10. The summed E-state index contributed by atoms with van der Waals surface area (Å²) in [7, 11) is 0. The third-order valence-electron chi connectivity index (χ3n) is 2.97. The van der Waals surface area contributed by atoms with E-state index in [4.69, 9.17) is 5.11 Å². The highest BCUT2D eigenvalue weighted by atomic mass is 79.9. The zero-order valence-corrected chi connectivity index (χ0v) is 10.1. The molecule has 15 heavy (non-hydrogen) atoms. The van der Waals surface area contributed by atoms with Crippen molar-refractivity contribution in [1.82, 2.24) is 4.98 Å². The van der Waals surface area contributed by atoms with Crippen LogP contribution in [0, 0.1) is 5.41 Å². The Labute approximate surface area is 98.0 Å². The monoisotopic (exact) mass is 270 g/mol. The molecule has 3 nitrogen and oxygen atoms in total. The van der Waals surface area contributed by atoms with Gasteiger partial charge in [-0.05, 0) is 46.7 Å². The van der Waals surface area contributed by atoms with Crippen LogP contribution in [0.15, 0.2) is 22.9 Å². The lowest BCUT2D eigenvalue weighted by Gasteiger charge is -2.15. The second-order valence-electron chi connectivity index (χ2n) is 4.22. The molecule has 1 aromatic heterocycles. The summed E-state index contributed by atoms with van der Waals surface area (Å²) in [5, 5.41) is 12.3. The lowest BCUT2D eigenvalue weighted by atomic mass is 10.0. The van der Waals surface area contributed by atoms with Crippen molar-refractivity contribution in [2.24, 2.45) is 5.41 Å². The number of hydrogen-bond acceptors (Lipinski definition) is 3. The number of halogens is 1. The van der Waals surface area contributed by atoms with Gasteiger partial charge in [0, 0.05) is 23.8 Å². The van der Waals surface area contributed by atoms with Crippen molar-refractivity contribution in [3.63, 3.8) is 0 Å². The van der Waals surface area contributed by atoms with Crippen LogP contribution in [-0.4, -0.2) is 23.2 Å². The van der Waals surface area contributed by atoms with E-state index in [1.807, 2.05) is 12.3 Å². The van der Waals surface area contributed by atoms with Crippen molar-refractivity contribution >= 4 is 21.6 Å². The first-order chi connectivity index (χ1) is 7.24. The Morgan fingerprint density at radius 2 is 2.27 bits per heavy atom. The van der Waals surface area contributed by atoms with Gasteiger partial charge < -0.3 is 10.4 Å². The molecule has 2 N–H and O–H groups in total. The molecule has 0 saturated heterocycles. The maximum Gasteiger partial charge on any atom is 0.0538 e. The lowest BCUT2D eigenvalue weighted by Crippen LogP contribution is -2.16. The number of nitrogens with zero attached hydrogens (tertiary/aromatic N) is 1. The van der Waals surface area contributed by atoms with Gasteiger partial charge in [-0.1, -0.05) is 0 Å². The minimum atomic E-state index is 0.290. The molecule has 1 aliphatic carbocycles. The summed E-state index contributed by atoms with van der Waals surface area (Å²) in [4.78, 5) is 4.09. The van der Waals surface area contributed by atoms with Gasteiger partial charge in [0.2, 0.25) is 0 Å². The van der Waals surface area contributed by atoms with Gasteiger partial charge in [0.25, 0.3) is 0 Å². The molecule has 1 aliphatic rings. The van der Waals surface area contributed by atoms with Crippen LogP contribution < -0.4 is 5.32 Å². The van der Waals surface area contributed by atoms with Crippen molar-refractivity contribution in [3.05, 3.63) is 22.9 Å². The Morgan fingerprint density at radius 3 is 2.87 bits per heavy atom. The van der Waals surface area contributed by atoms with Gasteiger partial charge in [-0.15, -0.1) is 0 Å². The van der Waals surface area contributed by atoms with E-state index in [-0.39, 0.29) is 0 Å². The van der Waals surface area contributed by atoms with E-state index in [9.17, 15) is 0 Å². The molecule has 0 aromatic carbocycles. The number of aliphatic hydroxyl groups is 1. The van der Waals surface area contributed by atoms with Gasteiger partial charge in [0.1, 0.15) is 0 Å². The summed E-state index contributed by atoms with van der Waals surface area (Å²) in [6.45, 7) is 1.23. The Hall–Kier alpha value is -0.610. The SMILES string of the molecule is OCCC1(CNc2cncc(Br)c2)CC1. The summed E-state index contributed by atoms with van der Waals surface area (Å²) < 4.78 is 0.986. The summed E-state index contributed by atoms with van der Waals surface area (Å²) in [6.07, 6.45) is 6.94. The van der Waals surface area contributed by atoms with E-state index in [1.54, 1.807) is 6.20 Å². The molecule has 2 rings (SSSR count). The first-order valence-electron chi connectivity index (χ1n) is 5.19. The molecule has 1 saturated carbocycles. The van der Waals surface area contributed by atoms with Gasteiger partial charge in [-0.2, -0.15) is 0 Å². The Balaban J connectivity index is 1.88. The number of aliphatic hydroxyl groups excluding tert-OH is 1. The van der Waals surface area contributed by atoms with Crippen LogP contribution in [0.5, 0.6) is 0 Å². The number of anilines is 1. The van der Waals surface area contributed by atoms with E-state index in [1.165, 1.54) is 12.8 Å². The molecular formula is C11H15BrN2O. The van der Waals surface area contributed by atoms with E-state index in [0.717, 1.165) is 23.1 Å². The maximum absolute atomic E-state index is 8.94. The molecular weight excluding hydrogens is 256 g/mol. The Bertz CT molecular complexity index is 339. The topological polar surface area (TPSA) is 45.1 Å². The molecule has 82 valence electrons. The number of nitrogens with one attached hydrogen (secondary N) is 1. The molecule has 0 unspecified atom stereocenters. The molecule has 1 aromatic rings. The zero-order chi connectivity index (χ0) is 10.7. The summed E-state index contributed by atoms with van der Waals surface area (Å²) in [5.41, 5.74) is 1.38. The van der Waals surface area contributed by atoms with Crippen molar-refractivity contribution < 1.29 is 5.11 Å². The van der Waals surface area contributed by atoms with E-state index < -0.39 is 0 Å². The number of pyridine rings is 1. The van der Waals surface area contributed by atoms with Crippen LogP contribution in [0.25, 0.3) is 0 Å². The van der Waals surface area contributed by atoms with Crippen molar-refractivity contribution in [1.29, 1.82) is 0 Å². The van der Waals surface area contributed by atoms with Gasteiger partial charge in [-0.3, -0.25) is 4.98 Å². The number of rotatable bonds is 5. The third kappa shape index (κ3) is 2.92. The molecule has 0 amide bonds. The largest absolute Gasteiger partial charge is 0.396 e. The van der Waals surface area contributed by atoms with E-state index >= 15 is 0 Å². The zero-order valence-electron chi connectivity index (χ0n) is 8.54. The molecule has 0 aliphatic heterocycles. The highest BCUT2D eigenvalue weighted by Crippen LogP contribution is 2.48. The minimum Gasteiger partial charge on any atom is -0.396 e. The fourth-order valence-electron chi connectivity index (χ4n) is 1.73.